The SMILES string of the molecule is CC(C)(C)OC(=O)N1CCCCC(=O)C[C@H]1CO[Si](c1ccccc1)(c1ccccc1)C(C)(C)C. The summed E-state index contributed by atoms with van der Waals surface area (Å²) in [5, 5.41) is 2.18. The van der Waals surface area contributed by atoms with Gasteiger partial charge < -0.3 is 14.1 Å². The van der Waals surface area contributed by atoms with Gasteiger partial charge in [-0.25, -0.2) is 4.79 Å². The normalized spacial score (nSPS) is 18.1. The number of likely N-dealkylation sites (tertiary alicyclic amines) is 1. The zero-order valence-corrected chi connectivity index (χ0v) is 23.2. The third-order valence-electron chi connectivity index (χ3n) is 6.55. The number of ketones is 1. The Kier molecular flexibility index (Phi) is 8.60. The molecule has 1 aliphatic rings. The van der Waals surface area contributed by atoms with E-state index in [4.69, 9.17) is 9.16 Å². The van der Waals surface area contributed by atoms with Crippen LogP contribution in [0.3, 0.4) is 0 Å². The van der Waals surface area contributed by atoms with Gasteiger partial charge in [-0.2, -0.15) is 0 Å². The first kappa shape index (κ1) is 27.1. The molecule has 0 unspecified atom stereocenters. The number of hydrogen-bond donors (Lipinski definition) is 0. The van der Waals surface area contributed by atoms with Crippen LogP contribution < -0.4 is 10.4 Å². The van der Waals surface area contributed by atoms with Gasteiger partial charge in [0.25, 0.3) is 8.32 Å². The summed E-state index contributed by atoms with van der Waals surface area (Å²) in [5.74, 6) is 0.175. The van der Waals surface area contributed by atoms with Gasteiger partial charge in [0.05, 0.1) is 12.6 Å². The second kappa shape index (κ2) is 11.1. The molecule has 0 aliphatic carbocycles. The third-order valence-corrected chi connectivity index (χ3v) is 11.6. The van der Waals surface area contributed by atoms with Crippen molar-refractivity contribution in [2.24, 2.45) is 0 Å². The number of ether oxygens (including phenoxy) is 1. The molecule has 1 aliphatic heterocycles. The van der Waals surface area contributed by atoms with Crippen LogP contribution in [-0.4, -0.2) is 49.9 Å². The number of benzene rings is 2. The van der Waals surface area contributed by atoms with Crippen molar-refractivity contribution in [3.8, 4) is 0 Å². The summed E-state index contributed by atoms with van der Waals surface area (Å²) >= 11 is 0. The molecule has 0 spiro atoms. The van der Waals surface area contributed by atoms with Gasteiger partial charge in [0, 0.05) is 19.4 Å². The van der Waals surface area contributed by atoms with Crippen molar-refractivity contribution >= 4 is 30.6 Å². The second-order valence-electron chi connectivity index (χ2n) is 11.5. The first-order valence-electron chi connectivity index (χ1n) is 12.7. The molecular formula is C29H41NO4Si. The van der Waals surface area contributed by atoms with Crippen LogP contribution in [0.2, 0.25) is 5.04 Å². The highest BCUT2D eigenvalue weighted by Gasteiger charge is 2.50. The van der Waals surface area contributed by atoms with Crippen LogP contribution in [0.15, 0.2) is 60.7 Å². The van der Waals surface area contributed by atoms with E-state index in [0.717, 1.165) is 12.8 Å². The maximum atomic E-state index is 13.2. The molecule has 1 saturated heterocycles. The van der Waals surface area contributed by atoms with Crippen LogP contribution in [0.4, 0.5) is 4.79 Å². The van der Waals surface area contributed by atoms with Gasteiger partial charge in [-0.1, -0.05) is 81.4 Å². The third kappa shape index (κ3) is 6.61. The number of amides is 1. The number of nitrogens with zero attached hydrogens (tertiary/aromatic N) is 1. The number of rotatable bonds is 5. The van der Waals surface area contributed by atoms with Gasteiger partial charge in [-0.3, -0.25) is 4.79 Å². The molecule has 0 radical (unpaired) electrons. The van der Waals surface area contributed by atoms with Crippen LogP contribution in [0.5, 0.6) is 0 Å². The Morgan fingerprint density at radius 3 is 1.94 bits per heavy atom. The largest absolute Gasteiger partial charge is 0.444 e. The minimum Gasteiger partial charge on any atom is -0.444 e. The smallest absolute Gasteiger partial charge is 0.410 e. The molecule has 1 atom stereocenters. The maximum absolute atomic E-state index is 13.2. The Bertz CT molecular complexity index is 940. The van der Waals surface area contributed by atoms with Gasteiger partial charge in [-0.15, -0.1) is 0 Å². The van der Waals surface area contributed by atoms with Crippen molar-refractivity contribution in [1.29, 1.82) is 0 Å². The lowest BCUT2D eigenvalue weighted by Gasteiger charge is -2.44. The Labute approximate surface area is 212 Å². The van der Waals surface area contributed by atoms with Gasteiger partial charge in [0.2, 0.25) is 0 Å². The van der Waals surface area contributed by atoms with Crippen LogP contribution in [-0.2, 0) is 14.0 Å². The Balaban J connectivity index is 2.02. The van der Waals surface area contributed by atoms with E-state index in [1.165, 1.54) is 10.4 Å². The summed E-state index contributed by atoms with van der Waals surface area (Å²) in [6, 6.07) is 20.5. The van der Waals surface area contributed by atoms with Gasteiger partial charge in [0.15, 0.2) is 0 Å². The summed E-state index contributed by atoms with van der Waals surface area (Å²) in [4.78, 5) is 27.7. The zero-order valence-electron chi connectivity index (χ0n) is 22.2. The van der Waals surface area contributed by atoms with E-state index >= 15 is 0 Å². The summed E-state index contributed by atoms with van der Waals surface area (Å²) in [6.45, 7) is 13.2. The first-order chi connectivity index (χ1) is 16.4. The summed E-state index contributed by atoms with van der Waals surface area (Å²) < 4.78 is 12.8. The monoisotopic (exact) mass is 495 g/mol. The van der Waals surface area contributed by atoms with Gasteiger partial charge in [0.1, 0.15) is 11.4 Å². The van der Waals surface area contributed by atoms with Gasteiger partial charge >= 0.3 is 6.09 Å². The molecule has 1 fully saturated rings. The fourth-order valence-electron chi connectivity index (χ4n) is 4.95. The summed E-state index contributed by atoms with van der Waals surface area (Å²) in [5.41, 5.74) is -0.604. The average Bonchev–Trinajstić information content (AvgIpc) is 2.76. The standard InChI is InChI=1S/C29H41NO4Si/c1-28(2,3)34-27(32)30-20-14-13-15-24(31)21-23(30)22-33-35(29(4,5)6,25-16-9-7-10-17-25)26-18-11-8-12-19-26/h7-12,16-19,23H,13-15,20-22H2,1-6H3/t23-/m0/s1. The number of Topliss-reactive ketones (excluding diaryl/α,β-unsaturated/α-hetero) is 1. The van der Waals surface area contributed by atoms with Crippen LogP contribution in [0.1, 0.15) is 67.2 Å². The lowest BCUT2D eigenvalue weighted by molar-refractivity contribution is -0.121. The quantitative estimate of drug-likeness (QED) is 0.528. The minimum absolute atomic E-state index is 0.175. The van der Waals surface area contributed by atoms with Crippen molar-refractivity contribution in [3.05, 3.63) is 60.7 Å². The van der Waals surface area contributed by atoms with Crippen molar-refractivity contribution < 1.29 is 18.8 Å². The number of hydrogen-bond acceptors (Lipinski definition) is 4. The van der Waals surface area contributed by atoms with Crippen molar-refractivity contribution in [1.82, 2.24) is 4.90 Å². The lowest BCUT2D eigenvalue weighted by Crippen LogP contribution is -2.67. The fraction of sp³-hybridized carbons (Fsp3) is 0.517. The predicted molar refractivity (Wildman–Crippen MR) is 144 cm³/mol. The Morgan fingerprint density at radius 2 is 1.46 bits per heavy atom. The number of carbonyl (C=O) groups excluding carboxylic acids is 2. The van der Waals surface area contributed by atoms with E-state index < -0.39 is 13.9 Å². The molecule has 6 heteroatoms. The highest BCUT2D eigenvalue weighted by atomic mass is 28.4. The molecule has 1 amide bonds. The highest BCUT2D eigenvalue weighted by molar-refractivity contribution is 6.99. The molecule has 0 N–H and O–H groups in total. The van der Waals surface area contributed by atoms with E-state index in [0.29, 0.717) is 13.0 Å². The van der Waals surface area contributed by atoms with Crippen LogP contribution in [0, 0.1) is 0 Å². The Morgan fingerprint density at radius 1 is 0.914 bits per heavy atom. The first-order valence-corrected chi connectivity index (χ1v) is 14.6. The molecule has 5 nitrogen and oxygen atoms in total. The molecule has 190 valence electrons. The predicted octanol–water partition coefficient (Wildman–Crippen LogP) is 5.31. The van der Waals surface area contributed by atoms with Crippen molar-refractivity contribution in [2.45, 2.75) is 83.9 Å². The molecule has 2 aromatic rings. The van der Waals surface area contributed by atoms with E-state index in [-0.39, 0.29) is 36.0 Å². The summed E-state index contributed by atoms with van der Waals surface area (Å²) in [7, 11) is -2.79. The maximum Gasteiger partial charge on any atom is 0.410 e. The van der Waals surface area contributed by atoms with E-state index in [2.05, 4.69) is 69.3 Å². The summed E-state index contributed by atoms with van der Waals surface area (Å²) in [6.07, 6.45) is 2.04. The Hall–Kier alpha value is -2.44. The van der Waals surface area contributed by atoms with Crippen molar-refractivity contribution in [3.63, 3.8) is 0 Å². The fourth-order valence-corrected chi connectivity index (χ4v) is 9.55. The highest BCUT2D eigenvalue weighted by Crippen LogP contribution is 2.37. The molecule has 0 saturated carbocycles. The zero-order chi connectivity index (χ0) is 25.7. The molecule has 35 heavy (non-hydrogen) atoms. The van der Waals surface area contributed by atoms with E-state index in [1.54, 1.807) is 4.90 Å². The van der Waals surface area contributed by atoms with Crippen LogP contribution in [0.25, 0.3) is 0 Å². The molecule has 0 bridgehead atoms. The van der Waals surface area contributed by atoms with E-state index in [9.17, 15) is 9.59 Å². The van der Waals surface area contributed by atoms with E-state index in [1.807, 2.05) is 32.9 Å². The average molecular weight is 496 g/mol. The molecular weight excluding hydrogens is 454 g/mol. The number of carbonyl (C=O) groups is 2. The lowest BCUT2D eigenvalue weighted by atomic mass is 10.0. The molecule has 3 rings (SSSR count). The molecule has 0 aromatic heterocycles. The molecule has 1 heterocycles. The van der Waals surface area contributed by atoms with Crippen LogP contribution >= 0.6 is 0 Å². The van der Waals surface area contributed by atoms with Gasteiger partial charge in [-0.05, 0) is 49.0 Å². The minimum atomic E-state index is -2.79. The second-order valence-corrected chi connectivity index (χ2v) is 15.8. The van der Waals surface area contributed by atoms with Crippen molar-refractivity contribution in [2.75, 3.05) is 13.2 Å². The molecule has 2 aromatic carbocycles. The topological polar surface area (TPSA) is 55.8 Å².